The van der Waals surface area contributed by atoms with E-state index in [-0.39, 0.29) is 11.8 Å². The first-order chi connectivity index (χ1) is 14.6. The molecule has 0 aromatic heterocycles. The molecule has 1 N–H and O–H groups in total. The molecule has 0 aliphatic carbocycles. The van der Waals surface area contributed by atoms with Crippen LogP contribution in [0.5, 0.6) is 0 Å². The first kappa shape index (κ1) is 19.7. The summed E-state index contributed by atoms with van der Waals surface area (Å²) in [6.07, 6.45) is 0. The summed E-state index contributed by atoms with van der Waals surface area (Å²) < 4.78 is 0. The highest BCUT2D eigenvalue weighted by Crippen LogP contribution is 2.22. The Morgan fingerprint density at radius 1 is 0.767 bits per heavy atom. The van der Waals surface area contributed by atoms with E-state index in [1.54, 1.807) is 6.92 Å². The number of carbonyl (C=O) groups excluding carboxylic acids is 2. The third-order valence-corrected chi connectivity index (χ3v) is 5.45. The van der Waals surface area contributed by atoms with Gasteiger partial charge in [0, 0.05) is 50.0 Å². The molecule has 0 saturated carbocycles. The molecule has 0 radical (unpaired) electrons. The third kappa shape index (κ3) is 4.51. The van der Waals surface area contributed by atoms with Gasteiger partial charge in [0.05, 0.1) is 0 Å². The molecular formula is C25H25N3O2. The van der Waals surface area contributed by atoms with Crippen LogP contribution in [0.2, 0.25) is 0 Å². The first-order valence-corrected chi connectivity index (χ1v) is 10.2. The highest BCUT2D eigenvalue weighted by molar-refractivity contribution is 6.05. The van der Waals surface area contributed by atoms with Crippen molar-refractivity contribution in [3.05, 3.63) is 84.4 Å². The normalized spacial score (nSPS) is 13.8. The van der Waals surface area contributed by atoms with Crippen molar-refractivity contribution in [1.82, 2.24) is 4.90 Å². The van der Waals surface area contributed by atoms with E-state index in [1.807, 2.05) is 83.8 Å². The number of hydrogen-bond donors (Lipinski definition) is 1. The fourth-order valence-electron chi connectivity index (χ4n) is 3.71. The molecule has 0 unspecified atom stereocenters. The Morgan fingerprint density at radius 2 is 1.43 bits per heavy atom. The second-order valence-corrected chi connectivity index (χ2v) is 7.44. The molecule has 0 bridgehead atoms. The molecule has 1 aliphatic heterocycles. The highest BCUT2D eigenvalue weighted by atomic mass is 16.2. The minimum absolute atomic E-state index is 0.129. The average molecular weight is 399 g/mol. The van der Waals surface area contributed by atoms with Crippen LogP contribution < -0.4 is 10.2 Å². The number of nitrogens with zero attached hydrogens (tertiary/aromatic N) is 2. The standard InChI is InChI=1S/C25H25N3O2/c1-19(29)27-14-16-28(17-15-27)24-12-10-23(11-13-24)26-25(30)22-9-5-8-21(18-22)20-6-3-2-4-7-20/h2-13,18H,14-17H2,1H3,(H,26,30). The minimum Gasteiger partial charge on any atom is -0.368 e. The molecular weight excluding hydrogens is 374 g/mol. The summed E-state index contributed by atoms with van der Waals surface area (Å²) in [4.78, 5) is 28.3. The number of anilines is 2. The van der Waals surface area contributed by atoms with Crippen molar-refractivity contribution in [1.29, 1.82) is 0 Å². The number of benzene rings is 3. The van der Waals surface area contributed by atoms with Crippen LogP contribution in [0.3, 0.4) is 0 Å². The van der Waals surface area contributed by atoms with E-state index in [0.29, 0.717) is 5.56 Å². The smallest absolute Gasteiger partial charge is 0.255 e. The van der Waals surface area contributed by atoms with Crippen LogP contribution in [0.15, 0.2) is 78.9 Å². The fourth-order valence-corrected chi connectivity index (χ4v) is 3.71. The van der Waals surface area contributed by atoms with E-state index >= 15 is 0 Å². The Labute approximate surface area is 176 Å². The predicted octanol–water partition coefficient (Wildman–Crippen LogP) is 4.27. The summed E-state index contributed by atoms with van der Waals surface area (Å²) in [7, 11) is 0. The summed E-state index contributed by atoms with van der Waals surface area (Å²) in [6, 6.07) is 25.5. The maximum absolute atomic E-state index is 12.7. The van der Waals surface area contributed by atoms with E-state index in [1.165, 1.54) is 0 Å². The van der Waals surface area contributed by atoms with Crippen molar-refractivity contribution in [2.75, 3.05) is 36.4 Å². The minimum atomic E-state index is -0.129. The van der Waals surface area contributed by atoms with Gasteiger partial charge in [-0.15, -0.1) is 0 Å². The zero-order chi connectivity index (χ0) is 20.9. The highest BCUT2D eigenvalue weighted by Gasteiger charge is 2.18. The zero-order valence-corrected chi connectivity index (χ0v) is 17.0. The molecule has 5 heteroatoms. The molecule has 1 heterocycles. The van der Waals surface area contributed by atoms with Crippen LogP contribution in [0.1, 0.15) is 17.3 Å². The lowest BCUT2D eigenvalue weighted by Gasteiger charge is -2.35. The van der Waals surface area contributed by atoms with Gasteiger partial charge in [-0.2, -0.15) is 0 Å². The second kappa shape index (κ2) is 8.82. The number of amides is 2. The zero-order valence-electron chi connectivity index (χ0n) is 17.0. The topological polar surface area (TPSA) is 52.7 Å². The quantitative estimate of drug-likeness (QED) is 0.713. The van der Waals surface area contributed by atoms with Gasteiger partial charge >= 0.3 is 0 Å². The SMILES string of the molecule is CC(=O)N1CCN(c2ccc(NC(=O)c3cccc(-c4ccccc4)c3)cc2)CC1. The molecule has 2 amide bonds. The Balaban J connectivity index is 1.40. The van der Waals surface area contributed by atoms with Gasteiger partial charge < -0.3 is 15.1 Å². The fraction of sp³-hybridized carbons (Fsp3) is 0.200. The number of rotatable bonds is 4. The molecule has 1 aliphatic rings. The van der Waals surface area contributed by atoms with E-state index < -0.39 is 0 Å². The predicted molar refractivity (Wildman–Crippen MR) is 121 cm³/mol. The van der Waals surface area contributed by atoms with Crippen molar-refractivity contribution >= 4 is 23.2 Å². The Bertz CT molecular complexity index is 1020. The lowest BCUT2D eigenvalue weighted by Crippen LogP contribution is -2.48. The van der Waals surface area contributed by atoms with Crippen molar-refractivity contribution in [3.8, 4) is 11.1 Å². The van der Waals surface area contributed by atoms with Gasteiger partial charge in [0.2, 0.25) is 5.91 Å². The van der Waals surface area contributed by atoms with Gasteiger partial charge in [0.25, 0.3) is 5.91 Å². The third-order valence-electron chi connectivity index (χ3n) is 5.45. The lowest BCUT2D eigenvalue weighted by molar-refractivity contribution is -0.129. The van der Waals surface area contributed by atoms with Crippen LogP contribution in [-0.4, -0.2) is 42.9 Å². The Kier molecular flexibility index (Phi) is 5.80. The van der Waals surface area contributed by atoms with Crippen LogP contribution in [-0.2, 0) is 4.79 Å². The van der Waals surface area contributed by atoms with E-state index in [0.717, 1.165) is 48.7 Å². The summed E-state index contributed by atoms with van der Waals surface area (Å²) >= 11 is 0. The van der Waals surface area contributed by atoms with Crippen molar-refractivity contribution in [2.45, 2.75) is 6.92 Å². The molecule has 152 valence electrons. The van der Waals surface area contributed by atoms with Crippen molar-refractivity contribution in [3.63, 3.8) is 0 Å². The lowest BCUT2D eigenvalue weighted by atomic mass is 10.0. The summed E-state index contributed by atoms with van der Waals surface area (Å²) in [5.74, 6) is -0.000326. The van der Waals surface area contributed by atoms with Crippen molar-refractivity contribution < 1.29 is 9.59 Å². The molecule has 1 fully saturated rings. The van der Waals surface area contributed by atoms with Gasteiger partial charge in [-0.05, 0) is 47.5 Å². The number of nitrogens with one attached hydrogen (secondary N) is 1. The molecule has 0 spiro atoms. The van der Waals surface area contributed by atoms with Crippen LogP contribution >= 0.6 is 0 Å². The van der Waals surface area contributed by atoms with E-state index in [4.69, 9.17) is 0 Å². The Hall–Kier alpha value is -3.60. The second-order valence-electron chi connectivity index (χ2n) is 7.44. The van der Waals surface area contributed by atoms with E-state index in [9.17, 15) is 9.59 Å². The molecule has 30 heavy (non-hydrogen) atoms. The average Bonchev–Trinajstić information content (AvgIpc) is 2.80. The largest absolute Gasteiger partial charge is 0.368 e. The monoisotopic (exact) mass is 399 g/mol. The summed E-state index contributed by atoms with van der Waals surface area (Å²) in [5, 5.41) is 2.98. The molecule has 5 nitrogen and oxygen atoms in total. The van der Waals surface area contributed by atoms with Crippen molar-refractivity contribution in [2.24, 2.45) is 0 Å². The maximum atomic E-state index is 12.7. The van der Waals surface area contributed by atoms with Crippen LogP contribution in [0, 0.1) is 0 Å². The number of hydrogen-bond acceptors (Lipinski definition) is 3. The summed E-state index contributed by atoms with van der Waals surface area (Å²) in [6.45, 7) is 4.73. The van der Waals surface area contributed by atoms with Gasteiger partial charge in [-0.1, -0.05) is 42.5 Å². The van der Waals surface area contributed by atoms with Gasteiger partial charge in [0.1, 0.15) is 0 Å². The van der Waals surface area contributed by atoms with Gasteiger partial charge in [-0.3, -0.25) is 9.59 Å². The Morgan fingerprint density at radius 3 is 2.10 bits per heavy atom. The van der Waals surface area contributed by atoms with Gasteiger partial charge in [-0.25, -0.2) is 0 Å². The first-order valence-electron chi connectivity index (χ1n) is 10.2. The van der Waals surface area contributed by atoms with E-state index in [2.05, 4.69) is 10.2 Å². The molecule has 4 rings (SSSR count). The van der Waals surface area contributed by atoms with Crippen LogP contribution in [0.25, 0.3) is 11.1 Å². The number of piperazine rings is 1. The van der Waals surface area contributed by atoms with Crippen LogP contribution in [0.4, 0.5) is 11.4 Å². The maximum Gasteiger partial charge on any atom is 0.255 e. The molecule has 3 aromatic carbocycles. The number of carbonyl (C=O) groups is 2. The summed E-state index contributed by atoms with van der Waals surface area (Å²) in [5.41, 5.74) is 4.59. The molecule has 3 aromatic rings. The molecule has 1 saturated heterocycles. The molecule has 0 atom stereocenters. The van der Waals surface area contributed by atoms with Gasteiger partial charge in [0.15, 0.2) is 0 Å².